The number of anilines is 1. The standard InChI is InChI=1S/C17H21ClN2O2S/c1-11(2)15-10-19-17(23-15)20-16(21)5-4-8-22-13-6-7-14(18)12(3)9-13/h6-7,9-11H,4-5,8H2,1-3H3,(H,19,20,21). The van der Waals surface area contributed by atoms with Crippen molar-refractivity contribution in [3.63, 3.8) is 0 Å². The lowest BCUT2D eigenvalue weighted by Crippen LogP contribution is -2.12. The highest BCUT2D eigenvalue weighted by Gasteiger charge is 2.08. The highest BCUT2D eigenvalue weighted by atomic mass is 35.5. The van der Waals surface area contributed by atoms with Crippen molar-refractivity contribution in [2.24, 2.45) is 0 Å². The van der Waals surface area contributed by atoms with E-state index in [1.54, 1.807) is 0 Å². The van der Waals surface area contributed by atoms with E-state index in [9.17, 15) is 4.79 Å². The summed E-state index contributed by atoms with van der Waals surface area (Å²) in [6.45, 7) is 6.63. The van der Waals surface area contributed by atoms with E-state index in [1.165, 1.54) is 16.2 Å². The van der Waals surface area contributed by atoms with Crippen LogP contribution in [0, 0.1) is 6.92 Å². The Bertz CT molecular complexity index is 670. The molecule has 6 heteroatoms. The smallest absolute Gasteiger partial charge is 0.226 e. The van der Waals surface area contributed by atoms with E-state index in [2.05, 4.69) is 24.1 Å². The molecular formula is C17H21ClN2O2S. The Kier molecular flexibility index (Phi) is 6.42. The number of carbonyl (C=O) groups excluding carboxylic acids is 1. The van der Waals surface area contributed by atoms with Crippen LogP contribution in [-0.4, -0.2) is 17.5 Å². The average molecular weight is 353 g/mol. The highest BCUT2D eigenvalue weighted by molar-refractivity contribution is 7.15. The quantitative estimate of drug-likeness (QED) is 0.711. The number of hydrogen-bond acceptors (Lipinski definition) is 4. The molecule has 0 unspecified atom stereocenters. The minimum atomic E-state index is -0.0365. The van der Waals surface area contributed by atoms with Gasteiger partial charge in [-0.2, -0.15) is 0 Å². The van der Waals surface area contributed by atoms with Crippen molar-refractivity contribution in [1.82, 2.24) is 4.98 Å². The number of ether oxygens (including phenoxy) is 1. The number of halogens is 1. The van der Waals surface area contributed by atoms with E-state index in [4.69, 9.17) is 16.3 Å². The number of thiazole rings is 1. The summed E-state index contributed by atoms with van der Waals surface area (Å²) in [5, 5.41) is 4.21. The van der Waals surface area contributed by atoms with Crippen LogP contribution in [0.4, 0.5) is 5.13 Å². The van der Waals surface area contributed by atoms with Gasteiger partial charge >= 0.3 is 0 Å². The summed E-state index contributed by atoms with van der Waals surface area (Å²) in [7, 11) is 0. The summed E-state index contributed by atoms with van der Waals surface area (Å²) in [5.74, 6) is 1.16. The van der Waals surface area contributed by atoms with Gasteiger partial charge in [-0.25, -0.2) is 4.98 Å². The lowest BCUT2D eigenvalue weighted by Gasteiger charge is -2.07. The largest absolute Gasteiger partial charge is 0.494 e. The van der Waals surface area contributed by atoms with Gasteiger partial charge in [-0.1, -0.05) is 25.4 Å². The predicted octanol–water partition coefficient (Wildman–Crippen LogP) is 5.03. The maximum Gasteiger partial charge on any atom is 0.226 e. The number of amides is 1. The topological polar surface area (TPSA) is 51.2 Å². The Morgan fingerprint density at radius 1 is 1.43 bits per heavy atom. The zero-order valence-corrected chi connectivity index (χ0v) is 15.1. The maximum absolute atomic E-state index is 11.9. The lowest BCUT2D eigenvalue weighted by molar-refractivity contribution is -0.116. The second-order valence-corrected chi connectivity index (χ2v) is 7.10. The molecule has 0 aliphatic heterocycles. The third-order valence-electron chi connectivity index (χ3n) is 3.29. The van der Waals surface area contributed by atoms with E-state index in [1.807, 2.05) is 31.3 Å². The molecule has 0 fully saturated rings. The number of nitrogens with zero attached hydrogens (tertiary/aromatic N) is 1. The van der Waals surface area contributed by atoms with Crippen molar-refractivity contribution in [2.75, 3.05) is 11.9 Å². The molecule has 1 amide bonds. The van der Waals surface area contributed by atoms with Crippen LogP contribution in [0.25, 0.3) is 0 Å². The minimum absolute atomic E-state index is 0.0365. The van der Waals surface area contributed by atoms with E-state index >= 15 is 0 Å². The van der Waals surface area contributed by atoms with Gasteiger partial charge in [-0.3, -0.25) is 4.79 Å². The van der Waals surface area contributed by atoms with Crippen LogP contribution in [0.15, 0.2) is 24.4 Å². The van der Waals surface area contributed by atoms with E-state index < -0.39 is 0 Å². The summed E-state index contributed by atoms with van der Waals surface area (Å²) in [4.78, 5) is 17.3. The molecule has 1 heterocycles. The van der Waals surface area contributed by atoms with Gasteiger partial charge in [0.2, 0.25) is 5.91 Å². The molecule has 0 bridgehead atoms. The van der Waals surface area contributed by atoms with Crippen molar-refractivity contribution in [2.45, 2.75) is 39.5 Å². The first kappa shape index (κ1) is 17.8. The number of aryl methyl sites for hydroxylation is 1. The van der Waals surface area contributed by atoms with Crippen LogP contribution in [-0.2, 0) is 4.79 Å². The number of aromatic nitrogens is 1. The monoisotopic (exact) mass is 352 g/mol. The van der Waals surface area contributed by atoms with Gasteiger partial charge < -0.3 is 10.1 Å². The number of rotatable bonds is 7. The van der Waals surface area contributed by atoms with E-state index in [-0.39, 0.29) is 5.91 Å². The second kappa shape index (κ2) is 8.31. The van der Waals surface area contributed by atoms with Gasteiger partial charge in [0.05, 0.1) is 6.61 Å². The molecule has 0 radical (unpaired) electrons. The summed E-state index contributed by atoms with van der Waals surface area (Å²) >= 11 is 7.49. The van der Waals surface area contributed by atoms with Crippen LogP contribution in [0.5, 0.6) is 5.75 Å². The van der Waals surface area contributed by atoms with Crippen LogP contribution in [0.3, 0.4) is 0 Å². The molecular weight excluding hydrogens is 332 g/mol. The third-order valence-corrected chi connectivity index (χ3v) is 4.92. The molecule has 2 aromatic rings. The Labute approximate surface area is 145 Å². The first-order valence-corrected chi connectivity index (χ1v) is 8.79. The van der Waals surface area contributed by atoms with E-state index in [0.29, 0.717) is 30.5 Å². The molecule has 1 aromatic carbocycles. The molecule has 1 aromatic heterocycles. The fraction of sp³-hybridized carbons (Fsp3) is 0.412. The number of carbonyl (C=O) groups is 1. The van der Waals surface area contributed by atoms with Crippen molar-refractivity contribution in [3.05, 3.63) is 39.9 Å². The highest BCUT2D eigenvalue weighted by Crippen LogP contribution is 2.25. The maximum atomic E-state index is 11.9. The number of nitrogens with one attached hydrogen (secondary N) is 1. The van der Waals surface area contributed by atoms with Gasteiger partial charge in [0.15, 0.2) is 5.13 Å². The zero-order valence-electron chi connectivity index (χ0n) is 13.6. The summed E-state index contributed by atoms with van der Waals surface area (Å²) in [5.41, 5.74) is 0.978. The summed E-state index contributed by atoms with van der Waals surface area (Å²) < 4.78 is 5.63. The van der Waals surface area contributed by atoms with Crippen LogP contribution in [0.2, 0.25) is 5.02 Å². The molecule has 0 saturated carbocycles. The van der Waals surface area contributed by atoms with Crippen molar-refractivity contribution in [1.29, 1.82) is 0 Å². The average Bonchev–Trinajstić information content (AvgIpc) is 2.96. The van der Waals surface area contributed by atoms with Crippen LogP contribution >= 0.6 is 22.9 Å². The van der Waals surface area contributed by atoms with Crippen molar-refractivity contribution in [3.8, 4) is 5.75 Å². The molecule has 0 spiro atoms. The van der Waals surface area contributed by atoms with Gasteiger partial charge in [-0.05, 0) is 43.0 Å². The lowest BCUT2D eigenvalue weighted by atomic mass is 10.2. The molecule has 0 saturated heterocycles. The molecule has 0 aliphatic carbocycles. The van der Waals surface area contributed by atoms with Crippen LogP contribution in [0.1, 0.15) is 43.0 Å². The first-order chi connectivity index (χ1) is 11.0. The molecule has 1 N–H and O–H groups in total. The Balaban J connectivity index is 1.71. The molecule has 0 aliphatic rings. The Morgan fingerprint density at radius 2 is 2.22 bits per heavy atom. The van der Waals surface area contributed by atoms with E-state index in [0.717, 1.165) is 16.3 Å². The first-order valence-electron chi connectivity index (χ1n) is 7.60. The van der Waals surface area contributed by atoms with Crippen molar-refractivity contribution < 1.29 is 9.53 Å². The van der Waals surface area contributed by atoms with Gasteiger partial charge in [0, 0.05) is 22.5 Å². The number of benzene rings is 1. The minimum Gasteiger partial charge on any atom is -0.494 e. The molecule has 4 nitrogen and oxygen atoms in total. The summed E-state index contributed by atoms with van der Waals surface area (Å²) in [6.07, 6.45) is 2.87. The molecule has 2 rings (SSSR count). The Morgan fingerprint density at radius 3 is 2.87 bits per heavy atom. The predicted molar refractivity (Wildman–Crippen MR) is 95.8 cm³/mol. The second-order valence-electron chi connectivity index (χ2n) is 5.63. The molecule has 124 valence electrons. The SMILES string of the molecule is Cc1cc(OCCCC(=O)Nc2ncc(C(C)C)s2)ccc1Cl. The normalized spacial score (nSPS) is 10.8. The molecule has 23 heavy (non-hydrogen) atoms. The van der Waals surface area contributed by atoms with Gasteiger partial charge in [0.25, 0.3) is 0 Å². The van der Waals surface area contributed by atoms with Gasteiger partial charge in [-0.15, -0.1) is 11.3 Å². The fourth-order valence-electron chi connectivity index (χ4n) is 1.92. The van der Waals surface area contributed by atoms with Crippen molar-refractivity contribution >= 4 is 34.0 Å². The fourth-order valence-corrected chi connectivity index (χ4v) is 2.87. The Hall–Kier alpha value is -1.59. The molecule has 0 atom stereocenters. The number of hydrogen-bond donors (Lipinski definition) is 1. The van der Waals surface area contributed by atoms with Gasteiger partial charge in [0.1, 0.15) is 5.75 Å². The summed E-state index contributed by atoms with van der Waals surface area (Å²) in [6, 6.07) is 5.54. The third kappa shape index (κ3) is 5.52. The zero-order chi connectivity index (χ0) is 16.8. The van der Waals surface area contributed by atoms with Crippen LogP contribution < -0.4 is 10.1 Å².